The summed E-state index contributed by atoms with van der Waals surface area (Å²) in [6.07, 6.45) is -2.03. The zero-order valence-electron chi connectivity index (χ0n) is 11.1. The number of amidine groups is 1. The fraction of sp³-hybridized carbons (Fsp3) is 0.462. The molecule has 0 aliphatic heterocycles. The largest absolute Gasteiger partial charge is 0.416 e. The molecule has 4 nitrogen and oxygen atoms in total. The van der Waals surface area contributed by atoms with Gasteiger partial charge in [0.25, 0.3) is 0 Å². The molecule has 1 aliphatic carbocycles. The Balaban J connectivity index is 2.21. The topological polar surface area (TPSA) is 61.8 Å². The molecule has 0 radical (unpaired) electrons. The van der Waals surface area contributed by atoms with E-state index in [9.17, 15) is 13.2 Å². The fourth-order valence-corrected chi connectivity index (χ4v) is 2.69. The normalized spacial score (nSPS) is 16.1. The van der Waals surface area contributed by atoms with Gasteiger partial charge in [0, 0.05) is 23.5 Å². The number of nitrogens with zero attached hydrogens (tertiary/aromatic N) is 2. The predicted molar refractivity (Wildman–Crippen MR) is 77.5 cm³/mol. The van der Waals surface area contributed by atoms with Gasteiger partial charge in [-0.3, -0.25) is 0 Å². The summed E-state index contributed by atoms with van der Waals surface area (Å²) in [5, 5.41) is 11.5. The Kier molecular flexibility index (Phi) is 4.65. The molecule has 1 aliphatic rings. The zero-order chi connectivity index (χ0) is 15.6. The monoisotopic (exact) mass is 365 g/mol. The van der Waals surface area contributed by atoms with Crippen LogP contribution >= 0.6 is 15.9 Å². The van der Waals surface area contributed by atoms with Crippen LogP contribution in [0.3, 0.4) is 0 Å². The lowest BCUT2D eigenvalue weighted by molar-refractivity contribution is -0.137. The van der Waals surface area contributed by atoms with Crippen molar-refractivity contribution >= 4 is 27.5 Å². The van der Waals surface area contributed by atoms with E-state index in [1.54, 1.807) is 0 Å². The van der Waals surface area contributed by atoms with Crippen LogP contribution in [-0.4, -0.2) is 23.6 Å². The standard InChI is InChI=1S/C13H15BrF3N3O/c14-10-7-8(13(15,16)17)1-4-11(10)20(9-2-3-9)6-5-12(18)19-21/h1,4,7,9,21H,2-3,5-6H2,(H2,18,19). The average Bonchev–Trinajstić information content (AvgIpc) is 3.23. The van der Waals surface area contributed by atoms with Gasteiger partial charge in [-0.1, -0.05) is 5.16 Å². The first-order chi connectivity index (χ1) is 9.82. The number of hydrogen-bond donors (Lipinski definition) is 2. The van der Waals surface area contributed by atoms with Gasteiger partial charge in [-0.25, -0.2) is 0 Å². The molecule has 0 unspecified atom stereocenters. The molecule has 1 fully saturated rings. The molecule has 1 saturated carbocycles. The average molecular weight is 366 g/mol. The number of benzene rings is 1. The highest BCUT2D eigenvalue weighted by atomic mass is 79.9. The number of halogens is 4. The van der Waals surface area contributed by atoms with Gasteiger partial charge in [0.2, 0.25) is 0 Å². The first kappa shape index (κ1) is 15.9. The Labute approximate surface area is 128 Å². The molecule has 0 atom stereocenters. The van der Waals surface area contributed by atoms with Crippen molar-refractivity contribution in [2.45, 2.75) is 31.5 Å². The number of rotatable bonds is 5. The van der Waals surface area contributed by atoms with Gasteiger partial charge in [-0.05, 0) is 47.0 Å². The van der Waals surface area contributed by atoms with Crippen LogP contribution in [0.25, 0.3) is 0 Å². The summed E-state index contributed by atoms with van der Waals surface area (Å²) < 4.78 is 38.4. The maximum absolute atomic E-state index is 12.7. The first-order valence-electron chi connectivity index (χ1n) is 6.42. The number of oxime groups is 1. The maximum atomic E-state index is 12.7. The van der Waals surface area contributed by atoms with Crippen LogP contribution in [0.4, 0.5) is 18.9 Å². The van der Waals surface area contributed by atoms with Gasteiger partial charge in [0.05, 0.1) is 11.3 Å². The molecular weight excluding hydrogens is 351 g/mol. The molecule has 0 amide bonds. The molecule has 8 heteroatoms. The second kappa shape index (κ2) is 6.13. The minimum atomic E-state index is -4.36. The number of hydrogen-bond acceptors (Lipinski definition) is 3. The summed E-state index contributed by atoms with van der Waals surface area (Å²) >= 11 is 3.21. The third-order valence-electron chi connectivity index (χ3n) is 3.31. The molecule has 0 bridgehead atoms. The van der Waals surface area contributed by atoms with Crippen LogP contribution in [0.1, 0.15) is 24.8 Å². The van der Waals surface area contributed by atoms with E-state index in [-0.39, 0.29) is 5.84 Å². The molecule has 0 saturated heterocycles. The lowest BCUT2D eigenvalue weighted by Crippen LogP contribution is -2.30. The van der Waals surface area contributed by atoms with E-state index < -0.39 is 11.7 Å². The van der Waals surface area contributed by atoms with Crippen LogP contribution in [0.2, 0.25) is 0 Å². The molecule has 3 N–H and O–H groups in total. The maximum Gasteiger partial charge on any atom is 0.416 e. The number of nitrogens with two attached hydrogens (primary N) is 1. The minimum absolute atomic E-state index is 0.101. The molecule has 21 heavy (non-hydrogen) atoms. The van der Waals surface area contributed by atoms with E-state index in [4.69, 9.17) is 10.9 Å². The zero-order valence-corrected chi connectivity index (χ0v) is 12.7. The van der Waals surface area contributed by atoms with E-state index in [1.165, 1.54) is 6.07 Å². The van der Waals surface area contributed by atoms with Crippen molar-refractivity contribution in [1.29, 1.82) is 0 Å². The Hall–Kier alpha value is -1.44. The molecular formula is C13H15BrF3N3O. The second-order valence-corrected chi connectivity index (χ2v) is 5.78. The summed E-state index contributed by atoms with van der Waals surface area (Å²) in [7, 11) is 0. The molecule has 1 aromatic carbocycles. The highest BCUT2D eigenvalue weighted by Crippen LogP contribution is 2.39. The Morgan fingerprint density at radius 2 is 2.10 bits per heavy atom. The van der Waals surface area contributed by atoms with Crippen molar-refractivity contribution in [3.05, 3.63) is 28.2 Å². The lowest BCUT2D eigenvalue weighted by Gasteiger charge is -2.26. The fourth-order valence-electron chi connectivity index (χ4n) is 2.09. The van der Waals surface area contributed by atoms with Gasteiger partial charge in [-0.15, -0.1) is 0 Å². The third-order valence-corrected chi connectivity index (χ3v) is 3.94. The SMILES string of the molecule is N/C(CCN(c1ccc(C(F)(F)F)cc1Br)C1CC1)=N/O. The van der Waals surface area contributed by atoms with Crippen LogP contribution in [0.15, 0.2) is 27.8 Å². The van der Waals surface area contributed by atoms with Crippen molar-refractivity contribution in [3.8, 4) is 0 Å². The summed E-state index contributed by atoms with van der Waals surface area (Å²) in [5.41, 5.74) is 5.45. The predicted octanol–water partition coefficient (Wildman–Crippen LogP) is 3.57. The van der Waals surface area contributed by atoms with Crippen molar-refractivity contribution in [2.24, 2.45) is 10.9 Å². The third kappa shape index (κ3) is 4.03. The van der Waals surface area contributed by atoms with Crippen LogP contribution in [0.5, 0.6) is 0 Å². The van der Waals surface area contributed by atoms with E-state index >= 15 is 0 Å². The minimum Gasteiger partial charge on any atom is -0.409 e. The Morgan fingerprint density at radius 1 is 1.43 bits per heavy atom. The first-order valence-corrected chi connectivity index (χ1v) is 7.22. The highest BCUT2D eigenvalue weighted by molar-refractivity contribution is 9.10. The summed E-state index contributed by atoms with van der Waals surface area (Å²) in [6.45, 7) is 0.491. The number of alkyl halides is 3. The van der Waals surface area contributed by atoms with Crippen LogP contribution in [-0.2, 0) is 6.18 Å². The number of anilines is 1. The van der Waals surface area contributed by atoms with E-state index in [2.05, 4.69) is 21.1 Å². The molecule has 1 aromatic rings. The summed E-state index contributed by atoms with van der Waals surface area (Å²) in [4.78, 5) is 1.99. The molecule has 116 valence electrons. The van der Waals surface area contributed by atoms with Crippen LogP contribution < -0.4 is 10.6 Å². The van der Waals surface area contributed by atoms with Crippen LogP contribution in [0, 0.1) is 0 Å². The van der Waals surface area contributed by atoms with Gasteiger partial charge < -0.3 is 15.8 Å². The van der Waals surface area contributed by atoms with E-state index in [0.29, 0.717) is 29.2 Å². The van der Waals surface area contributed by atoms with Crippen molar-refractivity contribution in [3.63, 3.8) is 0 Å². The highest BCUT2D eigenvalue weighted by Gasteiger charge is 2.33. The van der Waals surface area contributed by atoms with Crippen molar-refractivity contribution in [1.82, 2.24) is 0 Å². The Morgan fingerprint density at radius 3 is 2.57 bits per heavy atom. The lowest BCUT2D eigenvalue weighted by atomic mass is 10.1. The molecule has 0 aromatic heterocycles. The van der Waals surface area contributed by atoms with Gasteiger partial charge in [0.15, 0.2) is 0 Å². The van der Waals surface area contributed by atoms with Gasteiger partial charge in [0.1, 0.15) is 5.84 Å². The quantitative estimate of drug-likeness (QED) is 0.363. The Bertz CT molecular complexity index is 544. The second-order valence-electron chi connectivity index (χ2n) is 4.93. The smallest absolute Gasteiger partial charge is 0.409 e. The molecule has 0 heterocycles. The van der Waals surface area contributed by atoms with Crippen molar-refractivity contribution < 1.29 is 18.4 Å². The van der Waals surface area contributed by atoms with Crippen molar-refractivity contribution in [2.75, 3.05) is 11.4 Å². The molecule has 2 rings (SSSR count). The molecule has 0 spiro atoms. The summed E-state index contributed by atoms with van der Waals surface area (Å²) in [6, 6.07) is 3.90. The summed E-state index contributed by atoms with van der Waals surface area (Å²) in [5.74, 6) is 0.101. The van der Waals surface area contributed by atoms with E-state index in [0.717, 1.165) is 25.0 Å². The van der Waals surface area contributed by atoms with E-state index in [1.807, 2.05) is 4.90 Å². The van der Waals surface area contributed by atoms with Gasteiger partial charge >= 0.3 is 6.18 Å². The van der Waals surface area contributed by atoms with Gasteiger partial charge in [-0.2, -0.15) is 13.2 Å².